The minimum absolute atomic E-state index is 0.0214. The van der Waals surface area contributed by atoms with Crippen molar-refractivity contribution in [3.63, 3.8) is 0 Å². The first kappa shape index (κ1) is 8.69. The molecule has 1 amide bonds. The highest BCUT2D eigenvalue weighted by molar-refractivity contribution is 9.09. The van der Waals surface area contributed by atoms with Gasteiger partial charge in [0, 0.05) is 6.54 Å². The number of carbonyl (C=O) groups excluding carboxylic acids is 1. The Labute approximate surface area is 63.5 Å². The number of carbonyl (C=O) groups is 1. The van der Waals surface area contributed by atoms with Gasteiger partial charge in [-0.25, -0.2) is 0 Å². The van der Waals surface area contributed by atoms with Crippen molar-refractivity contribution in [3.05, 3.63) is 12.2 Å². The third kappa shape index (κ3) is 5.56. The summed E-state index contributed by atoms with van der Waals surface area (Å²) in [6.07, 6.45) is 3.79. The van der Waals surface area contributed by atoms with Crippen LogP contribution in [0.15, 0.2) is 12.2 Å². The molecule has 0 bridgehead atoms. The van der Waals surface area contributed by atoms with Crippen LogP contribution < -0.4 is 5.32 Å². The number of nitrogens with one attached hydrogen (secondary N) is 1. The fourth-order valence-electron chi connectivity index (χ4n) is 0.338. The average Bonchev–Trinajstić information content (AvgIpc) is 1.89. The lowest BCUT2D eigenvalue weighted by Crippen LogP contribution is -2.23. The van der Waals surface area contributed by atoms with E-state index in [2.05, 4.69) is 21.2 Å². The van der Waals surface area contributed by atoms with E-state index in [-0.39, 0.29) is 5.91 Å². The zero-order chi connectivity index (χ0) is 7.11. The van der Waals surface area contributed by atoms with Crippen molar-refractivity contribution in [2.75, 3.05) is 11.9 Å². The summed E-state index contributed by atoms with van der Waals surface area (Å²) in [6.45, 7) is 2.54. The maximum atomic E-state index is 10.5. The molecule has 0 aliphatic rings. The van der Waals surface area contributed by atoms with Gasteiger partial charge < -0.3 is 5.32 Å². The molecule has 0 saturated carbocycles. The van der Waals surface area contributed by atoms with Crippen molar-refractivity contribution in [2.45, 2.75) is 6.92 Å². The van der Waals surface area contributed by atoms with Crippen LogP contribution in [0.5, 0.6) is 0 Å². The highest BCUT2D eigenvalue weighted by Gasteiger charge is 1.91. The van der Waals surface area contributed by atoms with Gasteiger partial charge >= 0.3 is 0 Å². The molecule has 9 heavy (non-hydrogen) atoms. The van der Waals surface area contributed by atoms with E-state index in [4.69, 9.17) is 0 Å². The molecule has 2 nitrogen and oxygen atoms in total. The van der Waals surface area contributed by atoms with Gasteiger partial charge in [-0.2, -0.15) is 0 Å². The first-order valence-electron chi connectivity index (χ1n) is 2.75. The second-order valence-corrected chi connectivity index (χ2v) is 2.07. The van der Waals surface area contributed by atoms with Crippen molar-refractivity contribution in [3.8, 4) is 0 Å². The summed E-state index contributed by atoms with van der Waals surface area (Å²) in [4.78, 5) is 10.5. The average molecular weight is 192 g/mol. The minimum atomic E-state index is 0.0214. The molecule has 0 saturated heterocycles. The van der Waals surface area contributed by atoms with E-state index in [0.29, 0.717) is 11.9 Å². The summed E-state index contributed by atoms with van der Waals surface area (Å²) < 4.78 is 0. The monoisotopic (exact) mass is 191 g/mol. The molecule has 0 aromatic rings. The predicted octanol–water partition coefficient (Wildman–Crippen LogP) is 1.07. The Bertz CT molecular complexity index is 112. The lowest BCUT2D eigenvalue weighted by atomic mass is 10.5. The number of amides is 1. The van der Waals surface area contributed by atoms with E-state index in [0.717, 1.165) is 0 Å². The third-order valence-corrected chi connectivity index (χ3v) is 1.28. The first-order chi connectivity index (χ1) is 4.31. The Balaban J connectivity index is 3.17. The van der Waals surface area contributed by atoms with Gasteiger partial charge in [0.1, 0.15) is 0 Å². The van der Waals surface area contributed by atoms with Crippen molar-refractivity contribution < 1.29 is 4.79 Å². The number of hydrogen-bond acceptors (Lipinski definition) is 1. The minimum Gasteiger partial charge on any atom is -0.352 e. The maximum absolute atomic E-state index is 10.5. The first-order valence-corrected chi connectivity index (χ1v) is 3.87. The summed E-state index contributed by atoms with van der Waals surface area (Å²) in [5, 5.41) is 3.04. The molecular formula is C6H10BrNO. The second kappa shape index (κ2) is 5.82. The van der Waals surface area contributed by atoms with E-state index < -0.39 is 0 Å². The molecule has 0 aromatic carbocycles. The normalized spacial score (nSPS) is 10.0. The molecule has 0 radical (unpaired) electrons. The maximum Gasteiger partial charge on any atom is 0.230 e. The van der Waals surface area contributed by atoms with Gasteiger partial charge in [0.05, 0.1) is 5.33 Å². The highest BCUT2D eigenvalue weighted by Crippen LogP contribution is 1.77. The fraction of sp³-hybridized carbons (Fsp3) is 0.500. The van der Waals surface area contributed by atoms with E-state index in [1.54, 1.807) is 0 Å². The molecule has 52 valence electrons. The Morgan fingerprint density at radius 1 is 1.78 bits per heavy atom. The molecule has 0 unspecified atom stereocenters. The molecule has 0 aromatic heterocycles. The Kier molecular flexibility index (Phi) is 5.62. The molecular weight excluding hydrogens is 182 g/mol. The molecule has 0 aliphatic carbocycles. The lowest BCUT2D eigenvalue weighted by molar-refractivity contribution is -0.118. The second-order valence-electron chi connectivity index (χ2n) is 1.51. The van der Waals surface area contributed by atoms with Crippen LogP contribution in [0, 0.1) is 0 Å². The lowest BCUT2D eigenvalue weighted by Gasteiger charge is -1.94. The topological polar surface area (TPSA) is 29.1 Å². The van der Waals surface area contributed by atoms with Crippen LogP contribution in [0.3, 0.4) is 0 Å². The van der Waals surface area contributed by atoms with Gasteiger partial charge in [0.25, 0.3) is 0 Å². The van der Waals surface area contributed by atoms with Crippen LogP contribution in [-0.2, 0) is 4.79 Å². The standard InChI is InChI=1S/C6H10BrNO/c1-2-3-4-8-6(9)5-7/h2-3H,4-5H2,1H3,(H,8,9). The quantitative estimate of drug-likeness (QED) is 0.526. The number of halogens is 1. The van der Waals surface area contributed by atoms with Gasteiger partial charge in [-0.05, 0) is 6.92 Å². The zero-order valence-electron chi connectivity index (χ0n) is 5.36. The number of hydrogen-bond donors (Lipinski definition) is 1. The molecule has 0 atom stereocenters. The van der Waals surface area contributed by atoms with Crippen LogP contribution >= 0.6 is 15.9 Å². The molecule has 1 N–H and O–H groups in total. The Morgan fingerprint density at radius 3 is 2.89 bits per heavy atom. The molecule has 0 aliphatic heterocycles. The van der Waals surface area contributed by atoms with Gasteiger partial charge in [-0.1, -0.05) is 28.1 Å². The van der Waals surface area contributed by atoms with E-state index in [1.807, 2.05) is 19.1 Å². The summed E-state index contributed by atoms with van der Waals surface area (Å²) in [5.41, 5.74) is 0. The highest BCUT2D eigenvalue weighted by atomic mass is 79.9. The van der Waals surface area contributed by atoms with Crippen LogP contribution in [0.2, 0.25) is 0 Å². The smallest absolute Gasteiger partial charge is 0.230 e. The SMILES string of the molecule is CC=CCNC(=O)CBr. The van der Waals surface area contributed by atoms with Crippen LogP contribution in [0.4, 0.5) is 0 Å². The largest absolute Gasteiger partial charge is 0.352 e. The fourth-order valence-corrected chi connectivity index (χ4v) is 0.536. The van der Waals surface area contributed by atoms with Crippen molar-refractivity contribution in [2.24, 2.45) is 0 Å². The van der Waals surface area contributed by atoms with Crippen LogP contribution in [0.1, 0.15) is 6.92 Å². The molecule has 0 spiro atoms. The Morgan fingerprint density at radius 2 is 2.44 bits per heavy atom. The van der Waals surface area contributed by atoms with Crippen LogP contribution in [-0.4, -0.2) is 17.8 Å². The van der Waals surface area contributed by atoms with Gasteiger partial charge in [0.2, 0.25) is 5.91 Å². The van der Waals surface area contributed by atoms with E-state index in [1.165, 1.54) is 0 Å². The zero-order valence-corrected chi connectivity index (χ0v) is 6.94. The number of allylic oxidation sites excluding steroid dienone is 1. The molecule has 0 rings (SSSR count). The molecule has 0 heterocycles. The summed E-state index contributed by atoms with van der Waals surface area (Å²) in [5.74, 6) is 0.0214. The number of alkyl halides is 1. The Hall–Kier alpha value is -0.310. The van der Waals surface area contributed by atoms with Gasteiger partial charge in [-0.15, -0.1) is 0 Å². The molecule has 0 fully saturated rings. The van der Waals surface area contributed by atoms with Crippen molar-refractivity contribution in [1.29, 1.82) is 0 Å². The summed E-state index contributed by atoms with van der Waals surface area (Å²) in [7, 11) is 0. The van der Waals surface area contributed by atoms with Crippen molar-refractivity contribution in [1.82, 2.24) is 5.32 Å². The van der Waals surface area contributed by atoms with E-state index in [9.17, 15) is 4.79 Å². The van der Waals surface area contributed by atoms with E-state index >= 15 is 0 Å². The molecule has 3 heteroatoms. The number of rotatable bonds is 3. The van der Waals surface area contributed by atoms with Gasteiger partial charge in [0.15, 0.2) is 0 Å². The van der Waals surface area contributed by atoms with Crippen LogP contribution in [0.25, 0.3) is 0 Å². The third-order valence-electron chi connectivity index (χ3n) is 0.774. The van der Waals surface area contributed by atoms with Gasteiger partial charge in [-0.3, -0.25) is 4.79 Å². The van der Waals surface area contributed by atoms with Crippen molar-refractivity contribution >= 4 is 21.8 Å². The summed E-state index contributed by atoms with van der Waals surface area (Å²) >= 11 is 3.03. The summed E-state index contributed by atoms with van der Waals surface area (Å²) in [6, 6.07) is 0. The predicted molar refractivity (Wildman–Crippen MR) is 41.6 cm³/mol.